The molecule has 0 aliphatic heterocycles. The summed E-state index contributed by atoms with van der Waals surface area (Å²) in [4.78, 5) is 24.1. The van der Waals surface area contributed by atoms with Gasteiger partial charge in [-0.1, -0.05) is 36.4 Å². The Bertz CT molecular complexity index is 873. The zero-order valence-corrected chi connectivity index (χ0v) is 16.7. The zero-order valence-electron chi connectivity index (χ0n) is 16.7. The summed E-state index contributed by atoms with van der Waals surface area (Å²) in [5.41, 5.74) is 1.56. The van der Waals surface area contributed by atoms with E-state index in [0.29, 0.717) is 12.0 Å². The highest BCUT2D eigenvalue weighted by molar-refractivity contribution is 5.95. The van der Waals surface area contributed by atoms with Crippen molar-refractivity contribution in [3.8, 4) is 11.5 Å². The Morgan fingerprint density at radius 1 is 1.10 bits per heavy atom. The number of rotatable bonds is 10. The van der Waals surface area contributed by atoms with Crippen molar-refractivity contribution < 1.29 is 27.8 Å². The van der Waals surface area contributed by atoms with E-state index in [-0.39, 0.29) is 29.9 Å². The van der Waals surface area contributed by atoms with Gasteiger partial charge < -0.3 is 20.1 Å². The fraction of sp³-hybridized carbons (Fsp3) is 0.273. The molecule has 1 unspecified atom stereocenters. The second-order valence-electron chi connectivity index (χ2n) is 6.38. The molecule has 8 heteroatoms. The molecule has 0 saturated heterocycles. The molecular weight excluding hydrogens is 394 g/mol. The summed E-state index contributed by atoms with van der Waals surface area (Å²) in [6, 6.07) is 13.2. The van der Waals surface area contributed by atoms with Crippen molar-refractivity contribution in [3.05, 3.63) is 65.7 Å². The van der Waals surface area contributed by atoms with Gasteiger partial charge in [-0.25, -0.2) is 0 Å². The van der Waals surface area contributed by atoms with Gasteiger partial charge in [0, 0.05) is 12.6 Å². The minimum Gasteiger partial charge on any atom is -0.493 e. The number of alkyl halides is 2. The lowest BCUT2D eigenvalue weighted by Gasteiger charge is -2.14. The SMILES string of the molecule is COc1ccc(CCNC(=O)C(C)NC(=O)/C=C/c2ccccc2)cc1OC(F)F. The van der Waals surface area contributed by atoms with Crippen LogP contribution in [0.25, 0.3) is 6.08 Å². The van der Waals surface area contributed by atoms with Gasteiger partial charge in [-0.05, 0) is 42.7 Å². The van der Waals surface area contributed by atoms with E-state index in [1.165, 1.54) is 25.3 Å². The van der Waals surface area contributed by atoms with Crippen LogP contribution >= 0.6 is 0 Å². The molecule has 2 amide bonds. The summed E-state index contributed by atoms with van der Waals surface area (Å²) in [7, 11) is 1.36. The minimum absolute atomic E-state index is 0.0674. The van der Waals surface area contributed by atoms with Crippen LogP contribution in [0.2, 0.25) is 0 Å². The smallest absolute Gasteiger partial charge is 0.387 e. The van der Waals surface area contributed by atoms with Gasteiger partial charge in [0.15, 0.2) is 11.5 Å². The Kier molecular flexibility index (Phi) is 8.80. The van der Waals surface area contributed by atoms with Crippen molar-refractivity contribution >= 4 is 17.9 Å². The van der Waals surface area contributed by atoms with Gasteiger partial charge in [0.25, 0.3) is 0 Å². The number of amides is 2. The molecule has 0 aliphatic rings. The summed E-state index contributed by atoms with van der Waals surface area (Å²) in [5.74, 6) is -0.607. The maximum atomic E-state index is 12.5. The summed E-state index contributed by atoms with van der Waals surface area (Å²) in [6.45, 7) is -1.13. The van der Waals surface area contributed by atoms with E-state index in [0.717, 1.165) is 5.56 Å². The molecular formula is C22H24F2N2O4. The van der Waals surface area contributed by atoms with Gasteiger partial charge in [-0.15, -0.1) is 0 Å². The van der Waals surface area contributed by atoms with E-state index in [9.17, 15) is 18.4 Å². The molecule has 0 aliphatic carbocycles. The van der Waals surface area contributed by atoms with E-state index in [1.807, 2.05) is 30.3 Å². The van der Waals surface area contributed by atoms with Crippen LogP contribution in [0.1, 0.15) is 18.1 Å². The number of benzene rings is 2. The van der Waals surface area contributed by atoms with Gasteiger partial charge in [0.2, 0.25) is 11.8 Å². The standard InChI is InChI=1S/C22H24F2N2O4/c1-15(26-20(27)11-9-16-6-4-3-5-7-16)21(28)25-13-12-17-8-10-18(29-2)19(14-17)30-22(23)24/h3-11,14-15,22H,12-13H2,1-2H3,(H,25,28)(H,26,27)/b11-9+. The Morgan fingerprint density at radius 2 is 1.83 bits per heavy atom. The Balaban J connectivity index is 1.81. The lowest BCUT2D eigenvalue weighted by atomic mass is 10.1. The molecule has 0 heterocycles. The number of hydrogen-bond acceptors (Lipinski definition) is 4. The van der Waals surface area contributed by atoms with E-state index in [1.54, 1.807) is 19.1 Å². The Hall–Kier alpha value is -3.42. The van der Waals surface area contributed by atoms with E-state index < -0.39 is 12.7 Å². The largest absolute Gasteiger partial charge is 0.493 e. The van der Waals surface area contributed by atoms with Crippen LogP contribution in [-0.2, 0) is 16.0 Å². The van der Waals surface area contributed by atoms with Crippen LogP contribution in [0.15, 0.2) is 54.6 Å². The molecule has 2 aromatic carbocycles. The van der Waals surface area contributed by atoms with E-state index in [2.05, 4.69) is 15.4 Å². The van der Waals surface area contributed by atoms with Gasteiger partial charge in [0.1, 0.15) is 6.04 Å². The van der Waals surface area contributed by atoms with Crippen LogP contribution < -0.4 is 20.1 Å². The molecule has 0 spiro atoms. The van der Waals surface area contributed by atoms with Crippen LogP contribution in [0.4, 0.5) is 8.78 Å². The second-order valence-corrected chi connectivity index (χ2v) is 6.38. The third-order valence-corrected chi connectivity index (χ3v) is 4.14. The number of methoxy groups -OCH3 is 1. The van der Waals surface area contributed by atoms with Crippen LogP contribution in [0.5, 0.6) is 11.5 Å². The van der Waals surface area contributed by atoms with Crippen molar-refractivity contribution in [3.63, 3.8) is 0 Å². The van der Waals surface area contributed by atoms with Crippen molar-refractivity contribution in [2.45, 2.75) is 26.0 Å². The van der Waals surface area contributed by atoms with Gasteiger partial charge in [-0.2, -0.15) is 8.78 Å². The number of ether oxygens (including phenoxy) is 2. The predicted molar refractivity (Wildman–Crippen MR) is 109 cm³/mol. The number of carbonyl (C=O) groups excluding carboxylic acids is 2. The quantitative estimate of drug-likeness (QED) is 0.581. The summed E-state index contributed by atoms with van der Waals surface area (Å²) in [6.07, 6.45) is 3.41. The normalized spacial score (nSPS) is 11.9. The molecule has 2 aromatic rings. The van der Waals surface area contributed by atoms with Crippen molar-refractivity contribution in [1.82, 2.24) is 10.6 Å². The fourth-order valence-electron chi connectivity index (χ4n) is 2.61. The lowest BCUT2D eigenvalue weighted by molar-refractivity contribution is -0.126. The third-order valence-electron chi connectivity index (χ3n) is 4.14. The highest BCUT2D eigenvalue weighted by atomic mass is 19.3. The molecule has 0 radical (unpaired) electrons. The minimum atomic E-state index is -2.96. The first-order valence-corrected chi connectivity index (χ1v) is 9.32. The number of carbonyl (C=O) groups is 2. The molecule has 2 N–H and O–H groups in total. The number of halogens is 2. The first-order chi connectivity index (χ1) is 14.4. The second kappa shape index (κ2) is 11.5. The Morgan fingerprint density at radius 3 is 2.50 bits per heavy atom. The zero-order chi connectivity index (χ0) is 21.9. The van der Waals surface area contributed by atoms with Gasteiger partial charge in [-0.3, -0.25) is 9.59 Å². The average Bonchev–Trinajstić information content (AvgIpc) is 2.72. The molecule has 0 aromatic heterocycles. The topological polar surface area (TPSA) is 76.7 Å². The average molecular weight is 418 g/mol. The van der Waals surface area contributed by atoms with Crippen molar-refractivity contribution in [2.75, 3.05) is 13.7 Å². The molecule has 0 bridgehead atoms. The van der Waals surface area contributed by atoms with E-state index in [4.69, 9.17) is 4.74 Å². The van der Waals surface area contributed by atoms with Crippen LogP contribution in [0, 0.1) is 0 Å². The van der Waals surface area contributed by atoms with Gasteiger partial charge in [0.05, 0.1) is 7.11 Å². The van der Waals surface area contributed by atoms with Crippen LogP contribution in [-0.4, -0.2) is 38.1 Å². The maximum absolute atomic E-state index is 12.5. The predicted octanol–water partition coefficient (Wildman–Crippen LogP) is 3.17. The third kappa shape index (κ3) is 7.54. The monoisotopic (exact) mass is 418 g/mol. The summed E-state index contributed by atoms with van der Waals surface area (Å²) in [5, 5.41) is 5.29. The molecule has 2 rings (SSSR count). The Labute approximate surface area is 173 Å². The summed E-state index contributed by atoms with van der Waals surface area (Å²) >= 11 is 0. The highest BCUT2D eigenvalue weighted by Crippen LogP contribution is 2.29. The number of nitrogens with one attached hydrogen (secondary N) is 2. The summed E-state index contributed by atoms with van der Waals surface area (Å²) < 4.78 is 34.4. The molecule has 6 nitrogen and oxygen atoms in total. The molecule has 160 valence electrons. The van der Waals surface area contributed by atoms with Crippen LogP contribution in [0.3, 0.4) is 0 Å². The maximum Gasteiger partial charge on any atom is 0.387 e. The van der Waals surface area contributed by atoms with E-state index >= 15 is 0 Å². The molecule has 0 fully saturated rings. The first kappa shape index (κ1) is 22.9. The molecule has 1 atom stereocenters. The van der Waals surface area contributed by atoms with Crippen molar-refractivity contribution in [1.29, 1.82) is 0 Å². The van der Waals surface area contributed by atoms with Gasteiger partial charge >= 0.3 is 6.61 Å². The molecule has 30 heavy (non-hydrogen) atoms. The fourth-order valence-corrected chi connectivity index (χ4v) is 2.61. The highest BCUT2D eigenvalue weighted by Gasteiger charge is 2.14. The first-order valence-electron chi connectivity index (χ1n) is 9.32. The van der Waals surface area contributed by atoms with Crippen molar-refractivity contribution in [2.24, 2.45) is 0 Å². The molecule has 0 saturated carbocycles. The lowest BCUT2D eigenvalue weighted by Crippen LogP contribution is -2.44. The number of hydrogen-bond donors (Lipinski definition) is 2.